The van der Waals surface area contributed by atoms with Crippen molar-refractivity contribution in [2.24, 2.45) is 10.9 Å². The quantitative estimate of drug-likeness (QED) is 0.887. The summed E-state index contributed by atoms with van der Waals surface area (Å²) in [5.41, 5.74) is -0.0754. The summed E-state index contributed by atoms with van der Waals surface area (Å²) in [5.74, 6) is -0.856. The highest BCUT2D eigenvalue weighted by atomic mass is 32.2. The molecule has 0 aromatic heterocycles. The van der Waals surface area contributed by atoms with Gasteiger partial charge in [0.25, 0.3) is 5.91 Å². The summed E-state index contributed by atoms with van der Waals surface area (Å²) in [6.07, 6.45) is 0. The third-order valence-electron chi connectivity index (χ3n) is 3.17. The minimum atomic E-state index is -0.754. The number of hydrogen-bond donors (Lipinski definition) is 2. The fraction of sp³-hybridized carbons (Fsp3) is 0.400. The molecule has 0 spiro atoms. The van der Waals surface area contributed by atoms with Gasteiger partial charge in [0.2, 0.25) is 5.91 Å². The Morgan fingerprint density at radius 1 is 1.32 bits per heavy atom. The Hall–Kier alpha value is -1.89. The number of carbonyl (C=O) groups is 2. The van der Waals surface area contributed by atoms with Crippen molar-refractivity contribution in [1.82, 2.24) is 10.6 Å². The van der Waals surface area contributed by atoms with Crippen LogP contribution in [-0.2, 0) is 4.79 Å². The molecule has 1 aliphatic rings. The SMILES string of the molecule is CC(C)[C@H](NC(=O)c1ccccc1F)C(=O)NC1=NCCS1. The first kappa shape index (κ1) is 16.5. The molecule has 1 heterocycles. The molecule has 118 valence electrons. The van der Waals surface area contributed by atoms with Crippen molar-refractivity contribution < 1.29 is 14.0 Å². The number of hydrogen-bond acceptors (Lipinski definition) is 4. The van der Waals surface area contributed by atoms with Gasteiger partial charge < -0.3 is 10.6 Å². The van der Waals surface area contributed by atoms with Gasteiger partial charge in [0.1, 0.15) is 11.9 Å². The first-order valence-corrected chi connectivity index (χ1v) is 8.01. The number of benzene rings is 1. The highest BCUT2D eigenvalue weighted by Gasteiger charge is 2.27. The van der Waals surface area contributed by atoms with Gasteiger partial charge in [0, 0.05) is 5.75 Å². The Balaban J connectivity index is 2.06. The molecule has 0 fully saturated rings. The molecule has 0 saturated carbocycles. The lowest BCUT2D eigenvalue weighted by Crippen LogP contribution is -2.50. The molecule has 1 aromatic rings. The van der Waals surface area contributed by atoms with E-state index in [4.69, 9.17) is 0 Å². The molecule has 0 bridgehead atoms. The van der Waals surface area contributed by atoms with E-state index in [-0.39, 0.29) is 17.4 Å². The second kappa shape index (κ2) is 7.40. The molecular formula is C15H18FN3O2S. The molecule has 7 heteroatoms. The van der Waals surface area contributed by atoms with Crippen LogP contribution >= 0.6 is 11.8 Å². The second-order valence-corrected chi connectivity index (χ2v) is 6.28. The van der Waals surface area contributed by atoms with Crippen LogP contribution in [0.4, 0.5) is 4.39 Å². The molecule has 2 N–H and O–H groups in total. The van der Waals surface area contributed by atoms with Crippen molar-refractivity contribution in [3.05, 3.63) is 35.6 Å². The van der Waals surface area contributed by atoms with Crippen LogP contribution in [0.25, 0.3) is 0 Å². The van der Waals surface area contributed by atoms with Gasteiger partial charge in [0.05, 0.1) is 12.1 Å². The van der Waals surface area contributed by atoms with Crippen molar-refractivity contribution in [3.8, 4) is 0 Å². The molecule has 22 heavy (non-hydrogen) atoms. The lowest BCUT2D eigenvalue weighted by molar-refractivity contribution is -0.122. The largest absolute Gasteiger partial charge is 0.340 e. The van der Waals surface area contributed by atoms with Gasteiger partial charge in [-0.25, -0.2) is 4.39 Å². The van der Waals surface area contributed by atoms with Gasteiger partial charge in [-0.1, -0.05) is 37.7 Å². The van der Waals surface area contributed by atoms with Crippen LogP contribution in [0.1, 0.15) is 24.2 Å². The Bertz CT molecular complexity index is 604. The summed E-state index contributed by atoms with van der Waals surface area (Å²) in [4.78, 5) is 28.6. The third-order valence-corrected chi connectivity index (χ3v) is 4.06. The predicted octanol–water partition coefficient (Wildman–Crippen LogP) is 1.80. The molecule has 0 radical (unpaired) electrons. The molecular weight excluding hydrogens is 305 g/mol. The molecule has 1 atom stereocenters. The van der Waals surface area contributed by atoms with Crippen LogP contribution in [0, 0.1) is 11.7 Å². The number of amides is 2. The van der Waals surface area contributed by atoms with E-state index in [2.05, 4.69) is 15.6 Å². The minimum absolute atomic E-state index is 0.0754. The summed E-state index contributed by atoms with van der Waals surface area (Å²) >= 11 is 1.46. The molecule has 0 aliphatic carbocycles. The smallest absolute Gasteiger partial charge is 0.254 e. The van der Waals surface area contributed by atoms with Crippen LogP contribution in [-0.4, -0.2) is 35.3 Å². The Morgan fingerprint density at radius 2 is 2.05 bits per heavy atom. The topological polar surface area (TPSA) is 70.6 Å². The van der Waals surface area contributed by atoms with Gasteiger partial charge in [-0.05, 0) is 18.1 Å². The number of nitrogens with zero attached hydrogens (tertiary/aromatic N) is 1. The Labute approximate surface area is 132 Å². The predicted molar refractivity (Wildman–Crippen MR) is 85.4 cm³/mol. The maximum atomic E-state index is 13.6. The number of carbonyl (C=O) groups excluding carboxylic acids is 2. The van der Waals surface area contributed by atoms with Crippen LogP contribution < -0.4 is 10.6 Å². The van der Waals surface area contributed by atoms with Crippen molar-refractivity contribution in [3.63, 3.8) is 0 Å². The Morgan fingerprint density at radius 3 is 2.64 bits per heavy atom. The van der Waals surface area contributed by atoms with E-state index in [1.165, 1.54) is 30.0 Å². The summed E-state index contributed by atoms with van der Waals surface area (Å²) in [6.45, 7) is 4.30. The molecule has 0 saturated heterocycles. The third kappa shape index (κ3) is 4.07. The summed E-state index contributed by atoms with van der Waals surface area (Å²) < 4.78 is 13.6. The molecule has 2 rings (SSSR count). The van der Waals surface area contributed by atoms with E-state index in [0.29, 0.717) is 11.7 Å². The lowest BCUT2D eigenvalue weighted by atomic mass is 10.0. The summed E-state index contributed by atoms with van der Waals surface area (Å²) in [6, 6.07) is 4.93. The normalized spacial score (nSPS) is 15.4. The van der Waals surface area contributed by atoms with E-state index in [0.717, 1.165) is 5.75 Å². The first-order chi connectivity index (χ1) is 10.5. The fourth-order valence-electron chi connectivity index (χ4n) is 1.99. The van der Waals surface area contributed by atoms with Gasteiger partial charge in [-0.3, -0.25) is 14.6 Å². The maximum Gasteiger partial charge on any atom is 0.254 e. The van der Waals surface area contributed by atoms with Gasteiger partial charge in [-0.15, -0.1) is 0 Å². The number of halogens is 1. The summed E-state index contributed by atoms with van der Waals surface area (Å²) in [5, 5.41) is 5.85. The van der Waals surface area contributed by atoms with Gasteiger partial charge >= 0.3 is 0 Å². The zero-order chi connectivity index (χ0) is 16.1. The van der Waals surface area contributed by atoms with Gasteiger partial charge in [-0.2, -0.15) is 0 Å². The Kier molecular flexibility index (Phi) is 5.54. The highest BCUT2D eigenvalue weighted by molar-refractivity contribution is 8.14. The fourth-order valence-corrected chi connectivity index (χ4v) is 2.72. The first-order valence-electron chi connectivity index (χ1n) is 7.02. The highest BCUT2D eigenvalue weighted by Crippen LogP contribution is 2.12. The van der Waals surface area contributed by atoms with E-state index in [1.807, 2.05) is 13.8 Å². The van der Waals surface area contributed by atoms with Crippen LogP contribution in [0.5, 0.6) is 0 Å². The van der Waals surface area contributed by atoms with Crippen molar-refractivity contribution in [1.29, 1.82) is 0 Å². The number of thioether (sulfide) groups is 1. The van der Waals surface area contributed by atoms with Crippen molar-refractivity contribution in [2.75, 3.05) is 12.3 Å². The van der Waals surface area contributed by atoms with Crippen molar-refractivity contribution in [2.45, 2.75) is 19.9 Å². The molecule has 0 unspecified atom stereocenters. The van der Waals surface area contributed by atoms with E-state index in [9.17, 15) is 14.0 Å². The van der Waals surface area contributed by atoms with Crippen molar-refractivity contribution >= 4 is 28.7 Å². The standard InChI is InChI=1S/C15H18FN3O2S/c1-9(2)12(14(21)19-15-17-7-8-22-15)18-13(20)10-5-3-4-6-11(10)16/h3-6,9,12H,7-8H2,1-2H3,(H,18,20)(H,17,19,21)/t12-/m0/s1. The van der Waals surface area contributed by atoms with E-state index in [1.54, 1.807) is 6.07 Å². The molecule has 1 aliphatic heterocycles. The molecule has 5 nitrogen and oxygen atoms in total. The zero-order valence-electron chi connectivity index (χ0n) is 12.4. The molecule has 1 aromatic carbocycles. The maximum absolute atomic E-state index is 13.6. The van der Waals surface area contributed by atoms with Gasteiger partial charge in [0.15, 0.2) is 5.17 Å². The van der Waals surface area contributed by atoms with E-state index >= 15 is 0 Å². The number of rotatable bonds is 4. The van der Waals surface area contributed by atoms with Crippen LogP contribution in [0.3, 0.4) is 0 Å². The average Bonchev–Trinajstić information content (AvgIpc) is 2.97. The molecule has 2 amide bonds. The van der Waals surface area contributed by atoms with Crippen LogP contribution in [0.2, 0.25) is 0 Å². The number of amidine groups is 1. The second-order valence-electron chi connectivity index (χ2n) is 5.20. The van der Waals surface area contributed by atoms with E-state index < -0.39 is 17.8 Å². The zero-order valence-corrected chi connectivity index (χ0v) is 13.2. The lowest BCUT2D eigenvalue weighted by Gasteiger charge is -2.21. The minimum Gasteiger partial charge on any atom is -0.340 e. The number of aliphatic imine (C=N–C) groups is 1. The average molecular weight is 323 g/mol. The van der Waals surface area contributed by atoms with Crippen LogP contribution in [0.15, 0.2) is 29.3 Å². The monoisotopic (exact) mass is 323 g/mol. The number of nitrogens with one attached hydrogen (secondary N) is 2. The summed E-state index contributed by atoms with van der Waals surface area (Å²) in [7, 11) is 0.